The fourth-order valence-corrected chi connectivity index (χ4v) is 3.11. The van der Waals surface area contributed by atoms with Gasteiger partial charge in [0, 0.05) is 11.4 Å². The zero-order valence-electron chi connectivity index (χ0n) is 12.8. The summed E-state index contributed by atoms with van der Waals surface area (Å²) in [6.45, 7) is 2.69. The van der Waals surface area contributed by atoms with Gasteiger partial charge in [0.15, 0.2) is 0 Å². The smallest absolute Gasteiger partial charge is 0.224 e. The summed E-state index contributed by atoms with van der Waals surface area (Å²) in [6.07, 6.45) is 0.435. The Hall–Kier alpha value is -1.65. The second-order valence-corrected chi connectivity index (χ2v) is 6.44. The van der Waals surface area contributed by atoms with Gasteiger partial charge in [0.05, 0.1) is 12.5 Å². The van der Waals surface area contributed by atoms with Gasteiger partial charge in [-0.05, 0) is 38.0 Å². The van der Waals surface area contributed by atoms with Crippen LogP contribution in [0.25, 0.3) is 0 Å². The minimum absolute atomic E-state index is 0.0715. The highest BCUT2D eigenvalue weighted by molar-refractivity contribution is 7.10. The lowest BCUT2D eigenvalue weighted by atomic mass is 10.1. The first-order chi connectivity index (χ1) is 10.1. The van der Waals surface area contributed by atoms with E-state index < -0.39 is 0 Å². The molecule has 1 aromatic heterocycles. The molecule has 1 N–H and O–H groups in total. The Morgan fingerprint density at radius 2 is 1.95 bits per heavy atom. The third-order valence-electron chi connectivity index (χ3n) is 3.47. The first kappa shape index (κ1) is 15.7. The highest BCUT2D eigenvalue weighted by atomic mass is 32.1. The van der Waals surface area contributed by atoms with E-state index in [9.17, 15) is 4.79 Å². The van der Waals surface area contributed by atoms with E-state index >= 15 is 0 Å². The SMILES string of the molecule is Cc1ccc(CC(=O)NC[C@@H](c2cccs2)N(C)C)cc1. The van der Waals surface area contributed by atoms with Crippen molar-refractivity contribution in [3.63, 3.8) is 0 Å². The Morgan fingerprint density at radius 1 is 1.24 bits per heavy atom. The molecule has 1 heterocycles. The molecule has 0 aliphatic carbocycles. The summed E-state index contributed by atoms with van der Waals surface area (Å²) >= 11 is 1.72. The van der Waals surface area contributed by atoms with E-state index in [1.54, 1.807) is 11.3 Å². The molecule has 1 atom stereocenters. The monoisotopic (exact) mass is 302 g/mol. The van der Waals surface area contributed by atoms with Gasteiger partial charge in [-0.25, -0.2) is 0 Å². The summed E-state index contributed by atoms with van der Waals surface area (Å²) in [6, 6.07) is 12.5. The van der Waals surface area contributed by atoms with Crippen LogP contribution in [0.1, 0.15) is 22.0 Å². The summed E-state index contributed by atoms with van der Waals surface area (Å²) < 4.78 is 0. The molecule has 21 heavy (non-hydrogen) atoms. The molecule has 0 saturated carbocycles. The number of thiophene rings is 1. The average Bonchev–Trinajstić information content (AvgIpc) is 2.95. The van der Waals surface area contributed by atoms with Gasteiger partial charge in [-0.2, -0.15) is 0 Å². The van der Waals surface area contributed by atoms with E-state index in [-0.39, 0.29) is 11.9 Å². The van der Waals surface area contributed by atoms with Crippen LogP contribution in [0, 0.1) is 6.92 Å². The fraction of sp³-hybridized carbons (Fsp3) is 0.353. The molecular weight excluding hydrogens is 280 g/mol. The molecule has 1 aromatic carbocycles. The minimum atomic E-state index is 0.0715. The number of hydrogen-bond acceptors (Lipinski definition) is 3. The van der Waals surface area contributed by atoms with Gasteiger partial charge in [0.2, 0.25) is 5.91 Å². The molecule has 2 rings (SSSR count). The van der Waals surface area contributed by atoms with Gasteiger partial charge in [-0.1, -0.05) is 35.9 Å². The van der Waals surface area contributed by atoms with Crippen LogP contribution in [0.2, 0.25) is 0 Å². The molecular formula is C17H22N2OS. The summed E-state index contributed by atoms with van der Waals surface area (Å²) in [7, 11) is 4.08. The third-order valence-corrected chi connectivity index (χ3v) is 4.45. The number of nitrogens with one attached hydrogen (secondary N) is 1. The molecule has 0 bridgehead atoms. The van der Waals surface area contributed by atoms with Gasteiger partial charge in [-0.15, -0.1) is 11.3 Å². The lowest BCUT2D eigenvalue weighted by Crippen LogP contribution is -2.34. The molecule has 4 heteroatoms. The van der Waals surface area contributed by atoms with Crippen LogP contribution >= 0.6 is 11.3 Å². The summed E-state index contributed by atoms with van der Waals surface area (Å²) in [5.74, 6) is 0.0715. The van der Waals surface area contributed by atoms with Gasteiger partial charge in [0.25, 0.3) is 0 Å². The minimum Gasteiger partial charge on any atom is -0.354 e. The van der Waals surface area contributed by atoms with Gasteiger partial charge < -0.3 is 10.2 Å². The molecule has 0 radical (unpaired) electrons. The number of carbonyl (C=O) groups excluding carboxylic acids is 1. The van der Waals surface area contributed by atoms with Crippen LogP contribution < -0.4 is 5.32 Å². The maximum Gasteiger partial charge on any atom is 0.224 e. The Balaban J connectivity index is 1.89. The van der Waals surface area contributed by atoms with E-state index in [1.807, 2.05) is 51.4 Å². The Morgan fingerprint density at radius 3 is 2.52 bits per heavy atom. The molecule has 0 saturated heterocycles. The van der Waals surface area contributed by atoms with E-state index in [2.05, 4.69) is 21.7 Å². The van der Waals surface area contributed by atoms with Crippen LogP contribution in [0.15, 0.2) is 41.8 Å². The number of aryl methyl sites for hydroxylation is 1. The zero-order valence-corrected chi connectivity index (χ0v) is 13.6. The summed E-state index contributed by atoms with van der Waals surface area (Å²) in [5.41, 5.74) is 2.26. The topological polar surface area (TPSA) is 32.3 Å². The van der Waals surface area contributed by atoms with Crippen molar-refractivity contribution in [2.45, 2.75) is 19.4 Å². The standard InChI is InChI=1S/C17H22N2OS/c1-13-6-8-14(9-7-13)11-17(20)18-12-15(19(2)3)16-5-4-10-21-16/h4-10,15H,11-12H2,1-3H3,(H,18,20)/t15-/m0/s1. The highest BCUT2D eigenvalue weighted by Crippen LogP contribution is 2.22. The lowest BCUT2D eigenvalue weighted by molar-refractivity contribution is -0.120. The quantitative estimate of drug-likeness (QED) is 0.889. The Labute approximate surface area is 130 Å². The average molecular weight is 302 g/mol. The van der Waals surface area contributed by atoms with Crippen molar-refractivity contribution in [1.29, 1.82) is 0 Å². The molecule has 0 aliphatic heterocycles. The van der Waals surface area contributed by atoms with Gasteiger partial charge >= 0.3 is 0 Å². The Bertz CT molecular complexity index is 561. The summed E-state index contributed by atoms with van der Waals surface area (Å²) in [4.78, 5) is 15.5. The van der Waals surface area contributed by atoms with Gasteiger partial charge in [0.1, 0.15) is 0 Å². The highest BCUT2D eigenvalue weighted by Gasteiger charge is 2.16. The third kappa shape index (κ3) is 4.69. The maximum atomic E-state index is 12.1. The number of rotatable bonds is 6. The molecule has 0 aliphatic rings. The number of likely N-dealkylation sites (N-methyl/N-ethyl adjacent to an activating group) is 1. The predicted octanol–water partition coefficient (Wildman–Crippen LogP) is 3.02. The molecule has 1 amide bonds. The number of nitrogens with zero attached hydrogens (tertiary/aromatic N) is 1. The van der Waals surface area contributed by atoms with Crippen molar-refractivity contribution < 1.29 is 4.79 Å². The van der Waals surface area contributed by atoms with Crippen LogP contribution in [-0.4, -0.2) is 31.4 Å². The van der Waals surface area contributed by atoms with Crippen molar-refractivity contribution in [3.8, 4) is 0 Å². The van der Waals surface area contributed by atoms with Crippen LogP contribution in [0.5, 0.6) is 0 Å². The molecule has 112 valence electrons. The van der Waals surface area contributed by atoms with E-state index in [0.717, 1.165) is 5.56 Å². The molecule has 0 unspecified atom stereocenters. The number of carbonyl (C=O) groups is 1. The first-order valence-corrected chi connectivity index (χ1v) is 7.96. The first-order valence-electron chi connectivity index (χ1n) is 7.08. The Kier molecular flexibility index (Phi) is 5.53. The van der Waals surface area contributed by atoms with Crippen molar-refractivity contribution in [2.24, 2.45) is 0 Å². The van der Waals surface area contributed by atoms with Crippen molar-refractivity contribution in [1.82, 2.24) is 10.2 Å². The van der Waals surface area contributed by atoms with E-state index in [1.165, 1.54) is 10.4 Å². The van der Waals surface area contributed by atoms with Crippen molar-refractivity contribution in [3.05, 3.63) is 57.8 Å². The molecule has 2 aromatic rings. The maximum absolute atomic E-state index is 12.1. The fourth-order valence-electron chi connectivity index (χ4n) is 2.18. The van der Waals surface area contributed by atoms with Crippen LogP contribution in [-0.2, 0) is 11.2 Å². The van der Waals surface area contributed by atoms with E-state index in [4.69, 9.17) is 0 Å². The second kappa shape index (κ2) is 7.38. The van der Waals surface area contributed by atoms with Crippen LogP contribution in [0.3, 0.4) is 0 Å². The molecule has 0 spiro atoms. The van der Waals surface area contributed by atoms with Crippen molar-refractivity contribution in [2.75, 3.05) is 20.6 Å². The largest absolute Gasteiger partial charge is 0.354 e. The molecule has 0 fully saturated rings. The van der Waals surface area contributed by atoms with Crippen LogP contribution in [0.4, 0.5) is 0 Å². The van der Waals surface area contributed by atoms with Crippen molar-refractivity contribution >= 4 is 17.2 Å². The zero-order chi connectivity index (χ0) is 15.2. The number of amides is 1. The number of hydrogen-bond donors (Lipinski definition) is 1. The van der Waals surface area contributed by atoms with Gasteiger partial charge in [-0.3, -0.25) is 4.79 Å². The second-order valence-electron chi connectivity index (χ2n) is 5.46. The lowest BCUT2D eigenvalue weighted by Gasteiger charge is -2.23. The van der Waals surface area contributed by atoms with E-state index in [0.29, 0.717) is 13.0 Å². The normalized spacial score (nSPS) is 12.4. The molecule has 3 nitrogen and oxygen atoms in total. The predicted molar refractivity (Wildman–Crippen MR) is 88.6 cm³/mol. The number of benzene rings is 1. The summed E-state index contributed by atoms with van der Waals surface area (Å²) in [5, 5.41) is 5.11.